The normalized spacial score (nSPS) is 11.7. The first-order valence-electron chi connectivity index (χ1n) is 8.78. The molecule has 0 bridgehead atoms. The predicted molar refractivity (Wildman–Crippen MR) is 114 cm³/mol. The van der Waals surface area contributed by atoms with E-state index >= 15 is 0 Å². The van der Waals surface area contributed by atoms with Crippen LogP contribution in [-0.2, 0) is 6.18 Å². The third-order valence-electron chi connectivity index (χ3n) is 4.27. The SMILES string of the molecule is CN(c1ncc(C(F)(F)F)cc1Cl)n1cc(C(=O)C=Cc2ccc(Cl)cc2)c(=O)[nH]c1=O. The van der Waals surface area contributed by atoms with Gasteiger partial charge in [0, 0.05) is 24.5 Å². The Labute approximate surface area is 188 Å². The highest BCUT2D eigenvalue weighted by Crippen LogP contribution is 2.33. The third kappa shape index (κ3) is 5.09. The lowest BCUT2D eigenvalue weighted by molar-refractivity contribution is -0.137. The summed E-state index contributed by atoms with van der Waals surface area (Å²) in [6.07, 6.45) is -0.573. The largest absolute Gasteiger partial charge is 0.417 e. The topological polar surface area (TPSA) is 88.1 Å². The minimum atomic E-state index is -4.65. The second kappa shape index (κ2) is 9.01. The molecule has 0 atom stereocenters. The van der Waals surface area contributed by atoms with Gasteiger partial charge in [0.05, 0.1) is 10.6 Å². The van der Waals surface area contributed by atoms with Gasteiger partial charge in [0.1, 0.15) is 5.56 Å². The number of nitrogens with one attached hydrogen (secondary N) is 1. The number of benzene rings is 1. The molecule has 32 heavy (non-hydrogen) atoms. The van der Waals surface area contributed by atoms with E-state index < -0.39 is 33.8 Å². The van der Waals surface area contributed by atoms with Gasteiger partial charge in [-0.3, -0.25) is 19.6 Å². The number of halogens is 5. The molecule has 0 aliphatic heterocycles. The number of hydrogen-bond donors (Lipinski definition) is 1. The zero-order chi connectivity index (χ0) is 23.6. The fourth-order valence-corrected chi connectivity index (χ4v) is 3.04. The Hall–Kier alpha value is -3.37. The summed E-state index contributed by atoms with van der Waals surface area (Å²) >= 11 is 11.7. The van der Waals surface area contributed by atoms with Crippen LogP contribution in [0.2, 0.25) is 10.0 Å². The number of aromatic nitrogens is 3. The van der Waals surface area contributed by atoms with Gasteiger partial charge in [0.25, 0.3) is 5.56 Å². The number of ketones is 1. The summed E-state index contributed by atoms with van der Waals surface area (Å²) in [6, 6.07) is 7.20. The van der Waals surface area contributed by atoms with E-state index in [0.717, 1.165) is 22.0 Å². The molecule has 12 heteroatoms. The average molecular weight is 485 g/mol. The van der Waals surface area contributed by atoms with Crippen molar-refractivity contribution >= 4 is 40.9 Å². The van der Waals surface area contributed by atoms with Gasteiger partial charge >= 0.3 is 11.9 Å². The van der Waals surface area contributed by atoms with E-state index in [-0.39, 0.29) is 11.4 Å². The first-order valence-corrected chi connectivity index (χ1v) is 9.53. The van der Waals surface area contributed by atoms with Gasteiger partial charge in [0.15, 0.2) is 11.6 Å². The Morgan fingerprint density at radius 2 is 1.84 bits per heavy atom. The molecule has 166 valence electrons. The van der Waals surface area contributed by atoms with Crippen molar-refractivity contribution in [1.82, 2.24) is 14.6 Å². The smallest absolute Gasteiger partial charge is 0.289 e. The maximum absolute atomic E-state index is 12.8. The molecule has 1 aromatic carbocycles. The molecule has 0 amide bonds. The Balaban J connectivity index is 1.96. The summed E-state index contributed by atoms with van der Waals surface area (Å²) in [7, 11) is 1.28. The lowest BCUT2D eigenvalue weighted by Crippen LogP contribution is -2.42. The Morgan fingerprint density at radius 3 is 2.44 bits per heavy atom. The quantitative estimate of drug-likeness (QED) is 0.435. The first kappa shape index (κ1) is 23.3. The molecule has 0 spiro atoms. The molecule has 2 aromatic heterocycles. The summed E-state index contributed by atoms with van der Waals surface area (Å²) in [4.78, 5) is 42.6. The monoisotopic (exact) mass is 484 g/mol. The van der Waals surface area contributed by atoms with Gasteiger partial charge in [-0.1, -0.05) is 41.4 Å². The second-order valence-electron chi connectivity index (χ2n) is 6.45. The van der Waals surface area contributed by atoms with E-state index in [1.807, 2.05) is 4.98 Å². The van der Waals surface area contributed by atoms with Gasteiger partial charge < -0.3 is 0 Å². The van der Waals surface area contributed by atoms with E-state index in [4.69, 9.17) is 23.2 Å². The predicted octanol–water partition coefficient (Wildman–Crippen LogP) is 4.05. The van der Waals surface area contributed by atoms with Crippen LogP contribution in [0.1, 0.15) is 21.5 Å². The van der Waals surface area contributed by atoms with Crippen molar-refractivity contribution in [2.24, 2.45) is 0 Å². The first-order chi connectivity index (χ1) is 15.0. The molecule has 1 N–H and O–H groups in total. The van der Waals surface area contributed by atoms with E-state index in [0.29, 0.717) is 22.8 Å². The van der Waals surface area contributed by atoms with Gasteiger partial charge in [0.2, 0.25) is 0 Å². The highest BCUT2D eigenvalue weighted by atomic mass is 35.5. The molecule has 0 saturated heterocycles. The molecule has 3 aromatic rings. The van der Waals surface area contributed by atoms with Crippen LogP contribution < -0.4 is 16.3 Å². The zero-order valence-corrected chi connectivity index (χ0v) is 17.7. The molecular formula is C20H13Cl2F3N4O3. The molecule has 0 aliphatic carbocycles. The van der Waals surface area contributed by atoms with E-state index in [9.17, 15) is 27.6 Å². The summed E-state index contributed by atoms with van der Waals surface area (Å²) < 4.78 is 39.3. The van der Waals surface area contributed by atoms with Crippen LogP contribution in [0, 0.1) is 0 Å². The maximum atomic E-state index is 12.8. The van der Waals surface area contributed by atoms with Crippen LogP contribution in [0.3, 0.4) is 0 Å². The number of pyridine rings is 1. The van der Waals surface area contributed by atoms with Crippen LogP contribution in [-0.4, -0.2) is 27.5 Å². The van der Waals surface area contributed by atoms with Crippen LogP contribution in [0.5, 0.6) is 0 Å². The molecule has 2 heterocycles. The van der Waals surface area contributed by atoms with E-state index in [1.165, 1.54) is 13.1 Å². The molecule has 0 fully saturated rings. The lowest BCUT2D eigenvalue weighted by atomic mass is 10.1. The lowest BCUT2D eigenvalue weighted by Gasteiger charge is -2.21. The number of aromatic amines is 1. The van der Waals surface area contributed by atoms with Crippen molar-refractivity contribution in [2.75, 3.05) is 12.1 Å². The van der Waals surface area contributed by atoms with Gasteiger partial charge in [-0.15, -0.1) is 0 Å². The molecular weight excluding hydrogens is 472 g/mol. The zero-order valence-electron chi connectivity index (χ0n) is 16.2. The van der Waals surface area contributed by atoms with Crippen molar-refractivity contribution in [2.45, 2.75) is 6.18 Å². The van der Waals surface area contributed by atoms with Crippen LogP contribution in [0.25, 0.3) is 6.08 Å². The number of rotatable bonds is 5. The van der Waals surface area contributed by atoms with Crippen LogP contribution in [0.15, 0.2) is 58.4 Å². The number of carbonyl (C=O) groups excluding carboxylic acids is 1. The molecule has 0 saturated carbocycles. The van der Waals surface area contributed by atoms with Crippen molar-refractivity contribution in [3.05, 3.63) is 96.4 Å². The van der Waals surface area contributed by atoms with Crippen molar-refractivity contribution in [1.29, 1.82) is 0 Å². The second-order valence-corrected chi connectivity index (χ2v) is 7.29. The van der Waals surface area contributed by atoms with E-state index in [1.54, 1.807) is 24.3 Å². The summed E-state index contributed by atoms with van der Waals surface area (Å²) in [5, 5.41) is 1.12. The number of nitrogens with zero attached hydrogens (tertiary/aromatic N) is 3. The van der Waals surface area contributed by atoms with Crippen LogP contribution >= 0.6 is 23.2 Å². The molecule has 7 nitrogen and oxygen atoms in total. The maximum Gasteiger partial charge on any atom is 0.417 e. The fraction of sp³-hybridized carbons (Fsp3) is 0.100. The number of alkyl halides is 3. The Bertz CT molecular complexity index is 1320. The van der Waals surface area contributed by atoms with Gasteiger partial charge in [-0.05, 0) is 29.8 Å². The number of anilines is 1. The average Bonchev–Trinajstić information content (AvgIpc) is 2.72. The highest BCUT2D eigenvalue weighted by molar-refractivity contribution is 6.33. The summed E-state index contributed by atoms with van der Waals surface area (Å²) in [5.74, 6) is -0.918. The number of carbonyl (C=O) groups is 1. The van der Waals surface area contributed by atoms with Crippen molar-refractivity contribution in [3.63, 3.8) is 0 Å². The Kier molecular flexibility index (Phi) is 6.56. The number of allylic oxidation sites excluding steroid dienone is 1. The summed E-state index contributed by atoms with van der Waals surface area (Å²) in [5.41, 5.74) is -2.70. The van der Waals surface area contributed by atoms with Crippen molar-refractivity contribution in [3.8, 4) is 0 Å². The molecule has 0 radical (unpaired) electrons. The molecule has 0 unspecified atom stereocenters. The Morgan fingerprint density at radius 1 is 1.19 bits per heavy atom. The minimum absolute atomic E-state index is 0.205. The van der Waals surface area contributed by atoms with Crippen molar-refractivity contribution < 1.29 is 18.0 Å². The van der Waals surface area contributed by atoms with Gasteiger partial charge in [-0.2, -0.15) is 13.2 Å². The highest BCUT2D eigenvalue weighted by Gasteiger charge is 2.32. The van der Waals surface area contributed by atoms with Gasteiger partial charge in [-0.25, -0.2) is 14.5 Å². The molecule has 0 aliphatic rings. The fourth-order valence-electron chi connectivity index (χ4n) is 2.62. The standard InChI is InChI=1S/C20H13Cl2F3N4O3/c1-28(17-15(22)8-12(9-26-17)20(23,24)25)29-10-14(18(31)27-19(29)32)16(30)7-4-11-2-5-13(21)6-3-11/h2-10H,1H3,(H,27,31,32). The van der Waals surface area contributed by atoms with E-state index in [2.05, 4.69) is 4.98 Å². The summed E-state index contributed by atoms with van der Waals surface area (Å²) in [6.45, 7) is 0. The molecule has 3 rings (SSSR count). The third-order valence-corrected chi connectivity index (χ3v) is 4.80. The number of hydrogen-bond acceptors (Lipinski definition) is 5. The number of H-pyrrole nitrogens is 1. The minimum Gasteiger partial charge on any atom is -0.289 e. The van der Waals surface area contributed by atoms with Crippen LogP contribution in [0.4, 0.5) is 19.0 Å².